The summed E-state index contributed by atoms with van der Waals surface area (Å²) in [6.45, 7) is 0.478. The predicted molar refractivity (Wildman–Crippen MR) is 128 cm³/mol. The number of anilines is 3. The quantitative estimate of drug-likeness (QED) is 0.614. The van der Waals surface area contributed by atoms with Crippen molar-refractivity contribution in [3.63, 3.8) is 0 Å². The Kier molecular flexibility index (Phi) is 5.96. The minimum atomic E-state index is -0.00962. The van der Waals surface area contributed by atoms with Crippen LogP contribution in [0.3, 0.4) is 0 Å². The molecule has 2 aromatic heterocycles. The lowest BCUT2D eigenvalue weighted by molar-refractivity contribution is -0.124. The molecule has 2 aliphatic rings. The number of methoxy groups -OCH3 is 2. The molecule has 0 saturated heterocycles. The normalized spacial score (nSPS) is 19.6. The van der Waals surface area contributed by atoms with E-state index in [1.54, 1.807) is 26.6 Å². The van der Waals surface area contributed by atoms with Crippen LogP contribution in [0.2, 0.25) is 0 Å². The van der Waals surface area contributed by atoms with Gasteiger partial charge in [0.05, 0.1) is 37.3 Å². The van der Waals surface area contributed by atoms with Gasteiger partial charge < -0.3 is 19.7 Å². The van der Waals surface area contributed by atoms with E-state index in [9.17, 15) is 4.79 Å². The molecule has 7 heteroatoms. The van der Waals surface area contributed by atoms with Crippen LogP contribution >= 0.6 is 0 Å². The molecule has 1 aromatic carbocycles. The number of carbonyl (C=O) groups is 1. The second-order valence-electron chi connectivity index (χ2n) is 8.62. The maximum absolute atomic E-state index is 13.8. The number of ether oxygens (including phenoxy) is 2. The van der Waals surface area contributed by atoms with Crippen molar-refractivity contribution in [3.8, 4) is 16.9 Å². The highest BCUT2D eigenvalue weighted by Gasteiger charge is 2.33. The first-order chi connectivity index (χ1) is 16.2. The molecule has 33 heavy (non-hydrogen) atoms. The van der Waals surface area contributed by atoms with Crippen molar-refractivity contribution in [2.45, 2.75) is 38.3 Å². The van der Waals surface area contributed by atoms with Crippen molar-refractivity contribution in [2.24, 2.45) is 5.92 Å². The van der Waals surface area contributed by atoms with Gasteiger partial charge in [-0.05, 0) is 55.5 Å². The zero-order valence-electron chi connectivity index (χ0n) is 19.0. The molecule has 1 N–H and O–H groups in total. The molecule has 0 unspecified atom stereocenters. The highest BCUT2D eigenvalue weighted by molar-refractivity contribution is 6.00. The topological polar surface area (TPSA) is 76.6 Å². The molecule has 0 atom stereocenters. The fourth-order valence-electron chi connectivity index (χ4n) is 4.75. The monoisotopic (exact) mass is 444 g/mol. The van der Waals surface area contributed by atoms with Gasteiger partial charge in [0.1, 0.15) is 11.6 Å². The van der Waals surface area contributed by atoms with E-state index in [-0.39, 0.29) is 17.9 Å². The molecule has 1 amide bonds. The number of fused-ring (bicyclic) bond motifs is 2. The molecule has 1 aliphatic carbocycles. The summed E-state index contributed by atoms with van der Waals surface area (Å²) in [6.07, 6.45) is 9.03. The highest BCUT2D eigenvalue weighted by atomic mass is 16.5. The van der Waals surface area contributed by atoms with Crippen LogP contribution in [0.15, 0.2) is 55.0 Å². The van der Waals surface area contributed by atoms with E-state index < -0.39 is 0 Å². The summed E-state index contributed by atoms with van der Waals surface area (Å²) in [5, 5.41) is 3.44. The Morgan fingerprint density at radius 2 is 1.91 bits per heavy atom. The summed E-state index contributed by atoms with van der Waals surface area (Å²) in [5.41, 5.74) is 4.63. The van der Waals surface area contributed by atoms with E-state index in [1.165, 1.54) is 0 Å². The first kappa shape index (κ1) is 21.4. The molecular formula is C26H28N4O3. The Hall–Kier alpha value is -3.45. The summed E-state index contributed by atoms with van der Waals surface area (Å²) >= 11 is 0. The average molecular weight is 445 g/mol. The minimum absolute atomic E-state index is 0.00962. The van der Waals surface area contributed by atoms with Gasteiger partial charge in [-0.3, -0.25) is 9.78 Å². The van der Waals surface area contributed by atoms with E-state index in [0.29, 0.717) is 12.3 Å². The fourth-order valence-corrected chi connectivity index (χ4v) is 4.75. The molecule has 5 rings (SSSR count). The fraction of sp³-hybridized carbons (Fsp3) is 0.346. The summed E-state index contributed by atoms with van der Waals surface area (Å²) in [7, 11) is 3.38. The van der Waals surface area contributed by atoms with E-state index in [4.69, 9.17) is 9.47 Å². The van der Waals surface area contributed by atoms with Crippen LogP contribution in [0, 0.1) is 5.92 Å². The number of aromatic nitrogens is 2. The van der Waals surface area contributed by atoms with Crippen LogP contribution in [-0.4, -0.2) is 36.2 Å². The molecular weight excluding hydrogens is 416 g/mol. The minimum Gasteiger partial charge on any atom is -0.495 e. The first-order valence-electron chi connectivity index (χ1n) is 11.3. The van der Waals surface area contributed by atoms with Crippen molar-refractivity contribution in [2.75, 3.05) is 24.4 Å². The van der Waals surface area contributed by atoms with Crippen molar-refractivity contribution in [3.05, 3.63) is 60.6 Å². The lowest BCUT2D eigenvalue weighted by Crippen LogP contribution is -2.38. The van der Waals surface area contributed by atoms with Gasteiger partial charge in [-0.25, -0.2) is 4.98 Å². The number of nitrogens with one attached hydrogen (secondary N) is 1. The molecule has 1 aliphatic heterocycles. The molecule has 3 aromatic rings. The van der Waals surface area contributed by atoms with Gasteiger partial charge in [-0.2, -0.15) is 0 Å². The summed E-state index contributed by atoms with van der Waals surface area (Å²) in [6, 6.07) is 12.0. The first-order valence-corrected chi connectivity index (χ1v) is 11.3. The summed E-state index contributed by atoms with van der Waals surface area (Å²) in [4.78, 5) is 24.6. The molecule has 170 valence electrons. The van der Waals surface area contributed by atoms with Gasteiger partial charge in [0, 0.05) is 36.5 Å². The van der Waals surface area contributed by atoms with Crippen LogP contribution in [0.5, 0.6) is 5.75 Å². The second-order valence-corrected chi connectivity index (χ2v) is 8.62. The van der Waals surface area contributed by atoms with Crippen molar-refractivity contribution in [1.29, 1.82) is 0 Å². The van der Waals surface area contributed by atoms with Crippen molar-refractivity contribution in [1.82, 2.24) is 9.97 Å². The van der Waals surface area contributed by atoms with Gasteiger partial charge in [-0.15, -0.1) is 0 Å². The van der Waals surface area contributed by atoms with Crippen molar-refractivity contribution < 1.29 is 14.3 Å². The Labute approximate surface area is 193 Å². The Balaban J connectivity index is 1.54. The lowest BCUT2D eigenvalue weighted by Gasteiger charge is -2.32. The molecule has 1 saturated carbocycles. The van der Waals surface area contributed by atoms with Gasteiger partial charge in [0.2, 0.25) is 5.91 Å². The van der Waals surface area contributed by atoms with E-state index >= 15 is 0 Å². The van der Waals surface area contributed by atoms with Gasteiger partial charge >= 0.3 is 0 Å². The molecule has 3 heterocycles. The van der Waals surface area contributed by atoms with E-state index in [2.05, 4.69) is 21.4 Å². The average Bonchev–Trinajstić information content (AvgIpc) is 3.04. The maximum atomic E-state index is 13.8. The highest BCUT2D eigenvalue weighted by Crippen LogP contribution is 2.40. The third-order valence-electron chi connectivity index (χ3n) is 6.67. The van der Waals surface area contributed by atoms with E-state index in [1.807, 2.05) is 41.4 Å². The maximum Gasteiger partial charge on any atom is 0.230 e. The summed E-state index contributed by atoms with van der Waals surface area (Å²) < 4.78 is 10.9. The van der Waals surface area contributed by atoms with Crippen LogP contribution in [0.1, 0.15) is 31.2 Å². The number of pyridine rings is 2. The number of amides is 1. The van der Waals surface area contributed by atoms with Crippen LogP contribution in [0.4, 0.5) is 17.2 Å². The molecule has 0 spiro atoms. The third-order valence-corrected chi connectivity index (χ3v) is 6.67. The smallest absolute Gasteiger partial charge is 0.230 e. The van der Waals surface area contributed by atoms with Crippen LogP contribution in [0.25, 0.3) is 11.1 Å². The predicted octanol–water partition coefficient (Wildman–Crippen LogP) is 4.95. The number of carbonyl (C=O) groups excluding carboxylic acids is 1. The van der Waals surface area contributed by atoms with Crippen molar-refractivity contribution >= 4 is 23.1 Å². The van der Waals surface area contributed by atoms with E-state index in [0.717, 1.165) is 59.6 Å². The lowest BCUT2D eigenvalue weighted by atomic mass is 9.86. The number of hydrogen-bond donors (Lipinski definition) is 1. The molecule has 0 radical (unpaired) electrons. The standard InChI is InChI=1S/C26H28N4O3/c1-32-21-8-5-17(6-9-21)26(31)30-16-19-4-3-11-28-25(19)29-23-10-7-18(13-24(23)30)20-12-22(33-2)15-27-14-20/h3-4,7,10-15,17,21H,5-6,8-9,16H2,1-2H3,(H,28,29)/t17-,21-. The molecule has 0 bridgehead atoms. The number of rotatable bonds is 4. The summed E-state index contributed by atoms with van der Waals surface area (Å²) in [5.74, 6) is 1.63. The third kappa shape index (κ3) is 4.28. The van der Waals surface area contributed by atoms with Crippen LogP contribution < -0.4 is 15.0 Å². The largest absolute Gasteiger partial charge is 0.495 e. The Morgan fingerprint density at radius 3 is 2.70 bits per heavy atom. The van der Waals surface area contributed by atoms with Gasteiger partial charge in [0.25, 0.3) is 0 Å². The zero-order valence-corrected chi connectivity index (χ0v) is 19.0. The number of nitrogens with zero attached hydrogens (tertiary/aromatic N) is 3. The number of hydrogen-bond acceptors (Lipinski definition) is 6. The molecule has 7 nitrogen and oxygen atoms in total. The second kappa shape index (κ2) is 9.19. The van der Waals surface area contributed by atoms with Gasteiger partial charge in [-0.1, -0.05) is 12.1 Å². The SMILES string of the molecule is COc1cncc(-c2ccc3c(c2)N(C(=O)[C@H]2CC[C@H](OC)CC2)Cc2cccnc2N3)c1. The van der Waals surface area contributed by atoms with Crippen LogP contribution in [-0.2, 0) is 16.1 Å². The zero-order chi connectivity index (χ0) is 22.8. The number of benzene rings is 1. The Bertz CT molecular complexity index is 1160. The Morgan fingerprint density at radius 1 is 1.06 bits per heavy atom. The van der Waals surface area contributed by atoms with Gasteiger partial charge in [0.15, 0.2) is 0 Å². The molecule has 1 fully saturated rings.